The van der Waals surface area contributed by atoms with Crippen molar-refractivity contribution >= 4 is 5.97 Å². The van der Waals surface area contributed by atoms with Crippen molar-refractivity contribution in [1.82, 2.24) is 4.90 Å². The first kappa shape index (κ1) is 18.1. The Kier molecular flexibility index (Phi) is 5.33. The van der Waals surface area contributed by atoms with Crippen molar-refractivity contribution in [2.75, 3.05) is 14.2 Å². The fraction of sp³-hybridized carbons (Fsp3) is 0.353. The maximum absolute atomic E-state index is 12.7. The van der Waals surface area contributed by atoms with E-state index in [0.29, 0.717) is 30.0 Å². The predicted molar refractivity (Wildman–Crippen MR) is 81.4 cm³/mol. The topological polar surface area (TPSA) is 42.7 Å². The molecule has 1 aromatic heterocycles. The average molecular weight is 341 g/mol. The van der Waals surface area contributed by atoms with Gasteiger partial charge in [0.25, 0.3) is 0 Å². The number of alkyl halides is 3. The van der Waals surface area contributed by atoms with Crippen LogP contribution in [0.1, 0.15) is 33.0 Å². The molecule has 1 heterocycles. The van der Waals surface area contributed by atoms with Crippen LogP contribution >= 0.6 is 0 Å². The number of halogens is 3. The number of carbonyl (C=O) groups excluding carboxylic acids is 1. The van der Waals surface area contributed by atoms with E-state index in [1.54, 1.807) is 31.0 Å². The van der Waals surface area contributed by atoms with Crippen molar-refractivity contribution in [3.63, 3.8) is 0 Å². The molecule has 0 amide bonds. The third kappa shape index (κ3) is 4.38. The molecule has 0 radical (unpaired) electrons. The summed E-state index contributed by atoms with van der Waals surface area (Å²) in [6, 6.07) is 6.91. The van der Waals surface area contributed by atoms with E-state index < -0.39 is 17.7 Å². The Morgan fingerprint density at radius 3 is 2.58 bits per heavy atom. The highest BCUT2D eigenvalue weighted by Gasteiger charge is 2.30. The highest BCUT2D eigenvalue weighted by molar-refractivity contribution is 5.87. The summed E-state index contributed by atoms with van der Waals surface area (Å²) in [5.74, 6) is 0.127. The Labute approximate surface area is 137 Å². The standard InChI is InChI=1S/C17H18F3NO3/c1-11-7-14(24-15(11)16(22)23-3)10-21(2)9-12-5-4-6-13(8-12)17(18,19)20/h4-8H,9-10H2,1-3H3. The van der Waals surface area contributed by atoms with Crippen LogP contribution in [0.25, 0.3) is 0 Å². The van der Waals surface area contributed by atoms with Gasteiger partial charge >= 0.3 is 12.1 Å². The smallest absolute Gasteiger partial charge is 0.416 e. The number of nitrogens with zero attached hydrogens (tertiary/aromatic N) is 1. The van der Waals surface area contributed by atoms with Crippen molar-refractivity contribution in [1.29, 1.82) is 0 Å². The van der Waals surface area contributed by atoms with E-state index in [4.69, 9.17) is 4.42 Å². The minimum absolute atomic E-state index is 0.139. The number of furan rings is 1. The van der Waals surface area contributed by atoms with Gasteiger partial charge in [0.05, 0.1) is 19.2 Å². The van der Waals surface area contributed by atoms with Crippen LogP contribution in [0.15, 0.2) is 34.7 Å². The summed E-state index contributed by atoms with van der Waals surface area (Å²) in [6.45, 7) is 2.40. The van der Waals surface area contributed by atoms with Crippen LogP contribution in [0, 0.1) is 6.92 Å². The van der Waals surface area contributed by atoms with Crippen molar-refractivity contribution in [3.8, 4) is 0 Å². The number of rotatable bonds is 5. The fourth-order valence-corrected chi connectivity index (χ4v) is 2.40. The van der Waals surface area contributed by atoms with Crippen LogP contribution in [0.2, 0.25) is 0 Å². The van der Waals surface area contributed by atoms with Crippen LogP contribution < -0.4 is 0 Å². The lowest BCUT2D eigenvalue weighted by atomic mass is 10.1. The van der Waals surface area contributed by atoms with E-state index in [-0.39, 0.29) is 5.76 Å². The number of benzene rings is 1. The second kappa shape index (κ2) is 7.09. The molecule has 130 valence electrons. The molecule has 0 unspecified atom stereocenters. The maximum atomic E-state index is 12.7. The summed E-state index contributed by atoms with van der Waals surface area (Å²) in [7, 11) is 3.03. The summed E-state index contributed by atoms with van der Waals surface area (Å²) < 4.78 is 48.3. The molecular formula is C17H18F3NO3. The number of hydrogen-bond donors (Lipinski definition) is 0. The molecule has 1 aromatic carbocycles. The van der Waals surface area contributed by atoms with Crippen molar-refractivity contribution < 1.29 is 27.1 Å². The molecule has 0 aliphatic heterocycles. The Hall–Kier alpha value is -2.28. The molecule has 0 aliphatic carbocycles. The third-order valence-electron chi connectivity index (χ3n) is 3.47. The molecule has 24 heavy (non-hydrogen) atoms. The lowest BCUT2D eigenvalue weighted by Crippen LogP contribution is -2.17. The summed E-state index contributed by atoms with van der Waals surface area (Å²) in [5, 5.41) is 0. The molecule has 7 heteroatoms. The second-order valence-corrected chi connectivity index (χ2v) is 5.59. The van der Waals surface area contributed by atoms with Gasteiger partial charge in [-0.25, -0.2) is 4.79 Å². The van der Waals surface area contributed by atoms with Crippen molar-refractivity contribution in [2.45, 2.75) is 26.2 Å². The van der Waals surface area contributed by atoms with E-state index in [1.165, 1.54) is 13.2 Å². The maximum Gasteiger partial charge on any atom is 0.416 e. The average Bonchev–Trinajstić information content (AvgIpc) is 2.86. The first-order valence-electron chi connectivity index (χ1n) is 7.23. The molecule has 0 saturated carbocycles. The molecule has 4 nitrogen and oxygen atoms in total. The first-order chi connectivity index (χ1) is 11.2. The van der Waals surface area contributed by atoms with E-state index in [0.717, 1.165) is 12.1 Å². The van der Waals surface area contributed by atoms with Gasteiger partial charge in [-0.15, -0.1) is 0 Å². The normalized spacial score (nSPS) is 11.8. The molecular weight excluding hydrogens is 323 g/mol. The van der Waals surface area contributed by atoms with Gasteiger partial charge in [-0.3, -0.25) is 4.90 Å². The van der Waals surface area contributed by atoms with Crippen molar-refractivity contribution in [2.24, 2.45) is 0 Å². The third-order valence-corrected chi connectivity index (χ3v) is 3.47. The summed E-state index contributed by atoms with van der Waals surface area (Å²) >= 11 is 0. The van der Waals surface area contributed by atoms with Gasteiger partial charge in [0.15, 0.2) is 0 Å². The van der Waals surface area contributed by atoms with Crippen molar-refractivity contribution in [3.05, 3.63) is 58.5 Å². The lowest BCUT2D eigenvalue weighted by Gasteiger charge is -2.16. The highest BCUT2D eigenvalue weighted by atomic mass is 19.4. The van der Waals surface area contributed by atoms with Gasteiger partial charge in [-0.1, -0.05) is 18.2 Å². The minimum atomic E-state index is -4.36. The zero-order chi connectivity index (χ0) is 17.9. The first-order valence-corrected chi connectivity index (χ1v) is 7.23. The molecule has 0 N–H and O–H groups in total. The van der Waals surface area contributed by atoms with Gasteiger partial charge in [-0.2, -0.15) is 13.2 Å². The molecule has 0 fully saturated rings. The Morgan fingerprint density at radius 2 is 1.96 bits per heavy atom. The molecule has 0 aliphatic rings. The predicted octanol–water partition coefficient (Wildman–Crippen LogP) is 4.03. The molecule has 2 rings (SSSR count). The zero-order valence-electron chi connectivity index (χ0n) is 13.6. The largest absolute Gasteiger partial charge is 0.463 e. The van der Waals surface area contributed by atoms with Crippen LogP contribution in [-0.4, -0.2) is 25.0 Å². The van der Waals surface area contributed by atoms with Gasteiger partial charge in [0, 0.05) is 12.1 Å². The quantitative estimate of drug-likeness (QED) is 0.770. The number of esters is 1. The van der Waals surface area contributed by atoms with E-state index >= 15 is 0 Å². The van der Waals surface area contributed by atoms with E-state index in [9.17, 15) is 18.0 Å². The zero-order valence-corrected chi connectivity index (χ0v) is 13.6. The highest BCUT2D eigenvalue weighted by Crippen LogP contribution is 2.29. The summed E-state index contributed by atoms with van der Waals surface area (Å²) in [6.07, 6.45) is -4.36. The fourth-order valence-electron chi connectivity index (χ4n) is 2.40. The number of hydrogen-bond acceptors (Lipinski definition) is 4. The molecule has 0 spiro atoms. The SMILES string of the molecule is COC(=O)c1oc(CN(C)Cc2cccc(C(F)(F)F)c2)cc1C. The Balaban J connectivity index is 2.06. The Bertz CT molecular complexity index is 722. The monoisotopic (exact) mass is 341 g/mol. The number of methoxy groups -OCH3 is 1. The van der Waals surface area contributed by atoms with Gasteiger partial charge in [0.1, 0.15) is 5.76 Å². The number of ether oxygens (including phenoxy) is 1. The van der Waals surface area contributed by atoms with E-state index in [1.807, 2.05) is 0 Å². The number of carbonyl (C=O) groups is 1. The van der Waals surface area contributed by atoms with Crippen LogP contribution in [0.5, 0.6) is 0 Å². The molecule has 0 saturated heterocycles. The van der Waals surface area contributed by atoms with Crippen LogP contribution in [-0.2, 0) is 24.0 Å². The van der Waals surface area contributed by atoms with E-state index in [2.05, 4.69) is 4.74 Å². The summed E-state index contributed by atoms with van der Waals surface area (Å²) in [5.41, 5.74) is 0.531. The molecule has 0 atom stereocenters. The van der Waals surface area contributed by atoms with Crippen LogP contribution in [0.4, 0.5) is 13.2 Å². The minimum Gasteiger partial charge on any atom is -0.463 e. The summed E-state index contributed by atoms with van der Waals surface area (Å²) in [4.78, 5) is 13.3. The van der Waals surface area contributed by atoms with Gasteiger partial charge in [0.2, 0.25) is 5.76 Å². The second-order valence-electron chi connectivity index (χ2n) is 5.59. The van der Waals surface area contributed by atoms with Gasteiger partial charge < -0.3 is 9.15 Å². The number of aryl methyl sites for hydroxylation is 1. The lowest BCUT2D eigenvalue weighted by molar-refractivity contribution is -0.137. The molecule has 2 aromatic rings. The van der Waals surface area contributed by atoms with Gasteiger partial charge in [-0.05, 0) is 31.7 Å². The Morgan fingerprint density at radius 1 is 1.25 bits per heavy atom. The van der Waals surface area contributed by atoms with Crippen LogP contribution in [0.3, 0.4) is 0 Å². The molecule has 0 bridgehead atoms.